The number of ketones is 1. The normalized spacial score (nSPS) is 12.5. The van der Waals surface area contributed by atoms with Crippen LogP contribution in [0.15, 0.2) is 24.3 Å². The Morgan fingerprint density at radius 3 is 2.64 bits per heavy atom. The molecule has 0 aliphatic heterocycles. The Labute approximate surface area is 83.8 Å². The second kappa shape index (κ2) is 4.88. The third-order valence-electron chi connectivity index (χ3n) is 2.25. The summed E-state index contributed by atoms with van der Waals surface area (Å²) < 4.78 is 0. The van der Waals surface area contributed by atoms with Gasteiger partial charge in [0.1, 0.15) is 0 Å². The highest BCUT2D eigenvalue weighted by molar-refractivity contribution is 5.95. The van der Waals surface area contributed by atoms with Crippen LogP contribution in [0.1, 0.15) is 28.9 Å². The second-order valence-electron chi connectivity index (χ2n) is 3.17. The molecule has 3 nitrogen and oxygen atoms in total. The van der Waals surface area contributed by atoms with Crippen LogP contribution in [0.2, 0.25) is 0 Å². The van der Waals surface area contributed by atoms with Crippen molar-refractivity contribution in [2.24, 2.45) is 0 Å². The molecule has 76 valence electrons. The summed E-state index contributed by atoms with van der Waals surface area (Å²) in [6, 6.07) is 7.15. The minimum absolute atomic E-state index is 0.0131. The van der Waals surface area contributed by atoms with Crippen molar-refractivity contribution in [3.05, 3.63) is 35.4 Å². The van der Waals surface area contributed by atoms with E-state index in [0.29, 0.717) is 5.56 Å². The summed E-state index contributed by atoms with van der Waals surface area (Å²) in [6.07, 6.45) is 0. The van der Waals surface area contributed by atoms with E-state index < -0.39 is 0 Å². The Bertz CT molecular complexity index is 319. The number of likely N-dealkylation sites (N-methyl/N-ethyl adjacent to an activating group) is 1. The van der Waals surface area contributed by atoms with E-state index in [1.54, 1.807) is 13.1 Å². The van der Waals surface area contributed by atoms with Gasteiger partial charge < -0.3 is 10.4 Å². The maximum absolute atomic E-state index is 11.3. The van der Waals surface area contributed by atoms with Gasteiger partial charge in [-0.25, -0.2) is 0 Å². The van der Waals surface area contributed by atoms with E-state index in [-0.39, 0.29) is 18.4 Å². The number of rotatable bonds is 4. The molecule has 0 bridgehead atoms. The first-order valence-corrected chi connectivity index (χ1v) is 4.58. The number of benzene rings is 1. The lowest BCUT2D eigenvalue weighted by Crippen LogP contribution is -2.22. The lowest BCUT2D eigenvalue weighted by Gasteiger charge is -2.16. The average Bonchev–Trinajstić information content (AvgIpc) is 2.20. The summed E-state index contributed by atoms with van der Waals surface area (Å²) in [5.41, 5.74) is 1.52. The molecule has 0 saturated carbocycles. The minimum atomic E-state index is -0.171. The molecule has 0 aromatic heterocycles. The van der Waals surface area contributed by atoms with Gasteiger partial charge in [0.15, 0.2) is 5.78 Å². The molecular formula is C11H15NO2. The Kier molecular flexibility index (Phi) is 3.80. The molecular weight excluding hydrogens is 178 g/mol. The van der Waals surface area contributed by atoms with Crippen LogP contribution in [0.4, 0.5) is 0 Å². The van der Waals surface area contributed by atoms with Crippen LogP contribution < -0.4 is 5.32 Å². The molecule has 0 fully saturated rings. The summed E-state index contributed by atoms with van der Waals surface area (Å²) in [5, 5.41) is 12.1. The number of hydrogen-bond acceptors (Lipinski definition) is 3. The molecule has 14 heavy (non-hydrogen) atoms. The van der Waals surface area contributed by atoms with Crippen LogP contribution in [0.25, 0.3) is 0 Å². The second-order valence-corrected chi connectivity index (χ2v) is 3.17. The van der Waals surface area contributed by atoms with Gasteiger partial charge in [-0.15, -0.1) is 0 Å². The summed E-state index contributed by atoms with van der Waals surface area (Å²) >= 11 is 0. The maximum atomic E-state index is 11.3. The molecule has 0 heterocycles. The SMILES string of the molecule is CN[C@H](CO)c1ccccc1C(C)=O. The monoisotopic (exact) mass is 193 g/mol. The van der Waals surface area contributed by atoms with Crippen molar-refractivity contribution in [2.75, 3.05) is 13.7 Å². The van der Waals surface area contributed by atoms with E-state index in [1.165, 1.54) is 6.92 Å². The van der Waals surface area contributed by atoms with E-state index in [4.69, 9.17) is 5.11 Å². The summed E-state index contributed by atoms with van der Waals surface area (Å²) in [4.78, 5) is 11.3. The highest BCUT2D eigenvalue weighted by Gasteiger charge is 2.13. The lowest BCUT2D eigenvalue weighted by atomic mass is 9.98. The number of carbonyl (C=O) groups excluding carboxylic acids is 1. The number of nitrogens with one attached hydrogen (secondary N) is 1. The molecule has 0 aliphatic carbocycles. The van der Waals surface area contributed by atoms with Crippen molar-refractivity contribution >= 4 is 5.78 Å². The standard InChI is InChI=1S/C11H15NO2/c1-8(14)9-5-3-4-6-10(9)11(7-13)12-2/h3-6,11-13H,7H2,1-2H3/t11-/m1/s1. The van der Waals surface area contributed by atoms with Gasteiger partial charge in [0.2, 0.25) is 0 Å². The largest absolute Gasteiger partial charge is 0.394 e. The van der Waals surface area contributed by atoms with Gasteiger partial charge in [-0.05, 0) is 19.5 Å². The smallest absolute Gasteiger partial charge is 0.160 e. The van der Waals surface area contributed by atoms with E-state index in [9.17, 15) is 4.79 Å². The Morgan fingerprint density at radius 2 is 2.14 bits per heavy atom. The molecule has 2 N–H and O–H groups in total. The lowest BCUT2D eigenvalue weighted by molar-refractivity contribution is 0.101. The molecule has 0 unspecified atom stereocenters. The summed E-state index contributed by atoms with van der Waals surface area (Å²) in [5.74, 6) is 0.0225. The Balaban J connectivity index is 3.11. The van der Waals surface area contributed by atoms with E-state index >= 15 is 0 Å². The van der Waals surface area contributed by atoms with Gasteiger partial charge in [0.05, 0.1) is 12.6 Å². The molecule has 1 aromatic rings. The molecule has 3 heteroatoms. The fourth-order valence-electron chi connectivity index (χ4n) is 1.47. The third-order valence-corrected chi connectivity index (χ3v) is 2.25. The highest BCUT2D eigenvalue weighted by Crippen LogP contribution is 2.17. The number of carbonyl (C=O) groups is 1. The van der Waals surface area contributed by atoms with Crippen molar-refractivity contribution < 1.29 is 9.90 Å². The Hall–Kier alpha value is -1.19. The molecule has 0 spiro atoms. The summed E-state index contributed by atoms with van der Waals surface area (Å²) in [7, 11) is 1.76. The molecule has 1 rings (SSSR count). The zero-order valence-electron chi connectivity index (χ0n) is 8.45. The van der Waals surface area contributed by atoms with E-state index in [2.05, 4.69) is 5.32 Å². The fourth-order valence-corrected chi connectivity index (χ4v) is 1.47. The van der Waals surface area contributed by atoms with Crippen molar-refractivity contribution in [3.63, 3.8) is 0 Å². The van der Waals surface area contributed by atoms with Crippen molar-refractivity contribution in [3.8, 4) is 0 Å². The average molecular weight is 193 g/mol. The Morgan fingerprint density at radius 1 is 1.50 bits per heavy atom. The third kappa shape index (κ3) is 2.19. The number of aliphatic hydroxyl groups excluding tert-OH is 1. The van der Waals surface area contributed by atoms with Crippen LogP contribution in [-0.4, -0.2) is 24.5 Å². The molecule has 1 aromatic carbocycles. The minimum Gasteiger partial charge on any atom is -0.394 e. The van der Waals surface area contributed by atoms with Gasteiger partial charge in [0, 0.05) is 5.56 Å². The van der Waals surface area contributed by atoms with Crippen LogP contribution in [0, 0.1) is 0 Å². The van der Waals surface area contributed by atoms with Gasteiger partial charge in [-0.1, -0.05) is 24.3 Å². The topological polar surface area (TPSA) is 49.3 Å². The van der Waals surface area contributed by atoms with Crippen molar-refractivity contribution in [1.82, 2.24) is 5.32 Å². The highest BCUT2D eigenvalue weighted by atomic mass is 16.3. The first-order valence-electron chi connectivity index (χ1n) is 4.58. The molecule has 0 saturated heterocycles. The molecule has 0 radical (unpaired) electrons. The number of Topliss-reactive ketones (excluding diaryl/α,β-unsaturated/α-hetero) is 1. The van der Waals surface area contributed by atoms with Gasteiger partial charge in [0.25, 0.3) is 0 Å². The zero-order valence-corrected chi connectivity index (χ0v) is 8.45. The van der Waals surface area contributed by atoms with Crippen LogP contribution >= 0.6 is 0 Å². The zero-order chi connectivity index (χ0) is 10.6. The summed E-state index contributed by atoms with van der Waals surface area (Å²) in [6.45, 7) is 1.52. The number of aliphatic hydroxyl groups is 1. The number of hydrogen-bond donors (Lipinski definition) is 2. The van der Waals surface area contributed by atoms with Crippen molar-refractivity contribution in [2.45, 2.75) is 13.0 Å². The van der Waals surface area contributed by atoms with E-state index in [1.807, 2.05) is 18.2 Å². The first kappa shape index (κ1) is 10.9. The first-order chi connectivity index (χ1) is 6.70. The molecule has 0 aliphatic rings. The predicted molar refractivity (Wildman–Crippen MR) is 55.3 cm³/mol. The predicted octanol–water partition coefficient (Wildman–Crippen LogP) is 1.14. The van der Waals surface area contributed by atoms with Gasteiger partial charge in [-0.3, -0.25) is 4.79 Å². The van der Waals surface area contributed by atoms with Crippen molar-refractivity contribution in [1.29, 1.82) is 0 Å². The quantitative estimate of drug-likeness (QED) is 0.705. The van der Waals surface area contributed by atoms with Gasteiger partial charge >= 0.3 is 0 Å². The fraction of sp³-hybridized carbons (Fsp3) is 0.364. The van der Waals surface area contributed by atoms with Gasteiger partial charge in [-0.2, -0.15) is 0 Å². The van der Waals surface area contributed by atoms with E-state index in [0.717, 1.165) is 5.56 Å². The van der Waals surface area contributed by atoms with Crippen LogP contribution in [0.3, 0.4) is 0 Å². The maximum Gasteiger partial charge on any atom is 0.160 e. The van der Waals surface area contributed by atoms with Crippen LogP contribution in [-0.2, 0) is 0 Å². The van der Waals surface area contributed by atoms with Crippen LogP contribution in [0.5, 0.6) is 0 Å². The molecule has 0 amide bonds. The molecule has 1 atom stereocenters.